The van der Waals surface area contributed by atoms with Crippen molar-refractivity contribution < 1.29 is 22.8 Å². The van der Waals surface area contributed by atoms with Gasteiger partial charge in [0, 0.05) is 0 Å². The van der Waals surface area contributed by atoms with Crippen LogP contribution in [0.5, 0.6) is 0 Å². The highest BCUT2D eigenvalue weighted by molar-refractivity contribution is 7.91. The van der Waals surface area contributed by atoms with Crippen LogP contribution in [-0.2, 0) is 25.8 Å². The topological polar surface area (TPSA) is 113 Å². The summed E-state index contributed by atoms with van der Waals surface area (Å²) in [5.41, 5.74) is 1.07. The first-order valence-corrected chi connectivity index (χ1v) is 10.8. The second-order valence-electron chi connectivity index (χ2n) is 7.41. The van der Waals surface area contributed by atoms with Crippen LogP contribution < -0.4 is 10.6 Å². The van der Waals surface area contributed by atoms with E-state index in [2.05, 4.69) is 10.6 Å². The van der Waals surface area contributed by atoms with Gasteiger partial charge in [-0.15, -0.1) is 0 Å². The van der Waals surface area contributed by atoms with Gasteiger partial charge in [-0.25, -0.2) is 13.2 Å². The Labute approximate surface area is 157 Å². The van der Waals surface area contributed by atoms with Crippen LogP contribution in [0.1, 0.15) is 36.4 Å². The summed E-state index contributed by atoms with van der Waals surface area (Å²) in [6, 6.07) is 7.12. The molecule has 144 valence electrons. The molecule has 2 aliphatic heterocycles. The number of benzene rings is 1. The lowest BCUT2D eigenvalue weighted by atomic mass is 9.92. The van der Waals surface area contributed by atoms with Gasteiger partial charge in [0.15, 0.2) is 9.84 Å². The molecule has 0 bridgehead atoms. The third-order valence-corrected chi connectivity index (χ3v) is 7.35. The highest BCUT2D eigenvalue weighted by Crippen LogP contribution is 2.32. The number of hydrogen-bond acceptors (Lipinski definition) is 5. The Morgan fingerprint density at radius 3 is 2.67 bits per heavy atom. The van der Waals surface area contributed by atoms with E-state index in [9.17, 15) is 22.8 Å². The average Bonchev–Trinajstić information content (AvgIpc) is 3.13. The fraction of sp³-hybridized carbons (Fsp3) is 0.500. The Balaban J connectivity index is 1.42. The molecule has 1 aromatic carbocycles. The van der Waals surface area contributed by atoms with Gasteiger partial charge in [0.25, 0.3) is 5.91 Å². The Morgan fingerprint density at radius 2 is 1.93 bits per heavy atom. The van der Waals surface area contributed by atoms with Crippen molar-refractivity contribution in [1.82, 2.24) is 15.5 Å². The lowest BCUT2D eigenvalue weighted by molar-refractivity contribution is -0.135. The summed E-state index contributed by atoms with van der Waals surface area (Å²) in [6.07, 6.45) is 1.76. The summed E-state index contributed by atoms with van der Waals surface area (Å²) in [5.74, 6) is -1.19. The molecule has 0 aromatic heterocycles. The van der Waals surface area contributed by atoms with E-state index in [1.165, 1.54) is 5.56 Å². The van der Waals surface area contributed by atoms with E-state index in [4.69, 9.17) is 0 Å². The van der Waals surface area contributed by atoms with Crippen molar-refractivity contribution in [3.63, 3.8) is 0 Å². The average molecular weight is 391 g/mol. The van der Waals surface area contributed by atoms with E-state index in [0.29, 0.717) is 0 Å². The molecule has 27 heavy (non-hydrogen) atoms. The van der Waals surface area contributed by atoms with E-state index >= 15 is 0 Å². The Kier molecular flexibility index (Phi) is 4.21. The first kappa shape index (κ1) is 18.0. The molecule has 2 fully saturated rings. The van der Waals surface area contributed by atoms with Gasteiger partial charge >= 0.3 is 6.03 Å². The molecular weight excluding hydrogens is 370 g/mol. The van der Waals surface area contributed by atoms with Crippen molar-refractivity contribution in [3.8, 4) is 0 Å². The van der Waals surface area contributed by atoms with E-state index in [-0.39, 0.29) is 36.9 Å². The predicted octanol–water partition coefficient (Wildman–Crippen LogP) is 0.289. The van der Waals surface area contributed by atoms with Crippen LogP contribution in [0.2, 0.25) is 0 Å². The van der Waals surface area contributed by atoms with Crippen molar-refractivity contribution in [3.05, 3.63) is 35.4 Å². The third-order valence-electron chi connectivity index (χ3n) is 5.70. The van der Waals surface area contributed by atoms with Gasteiger partial charge in [-0.05, 0) is 36.8 Å². The summed E-state index contributed by atoms with van der Waals surface area (Å²) in [6.45, 7) is -0.363. The SMILES string of the molecule is O=C(CN1C(=O)NC2(CCS(=O)(=O)CC2)C1=O)NC1CCc2ccccc21. The van der Waals surface area contributed by atoms with Gasteiger partial charge in [-0.3, -0.25) is 14.5 Å². The van der Waals surface area contributed by atoms with Crippen LogP contribution in [0.25, 0.3) is 0 Å². The number of rotatable bonds is 3. The smallest absolute Gasteiger partial charge is 0.325 e. The number of urea groups is 1. The Hall–Kier alpha value is -2.42. The Bertz CT molecular complexity index is 913. The molecule has 3 aliphatic rings. The number of carbonyl (C=O) groups excluding carboxylic acids is 3. The summed E-state index contributed by atoms with van der Waals surface area (Å²) >= 11 is 0. The van der Waals surface area contributed by atoms with Crippen molar-refractivity contribution in [2.75, 3.05) is 18.1 Å². The normalized spacial score (nSPS) is 25.3. The minimum atomic E-state index is -3.17. The van der Waals surface area contributed by atoms with Crippen molar-refractivity contribution in [1.29, 1.82) is 0 Å². The number of nitrogens with zero attached hydrogens (tertiary/aromatic N) is 1. The molecule has 1 aliphatic carbocycles. The molecular formula is C18H21N3O5S. The second-order valence-corrected chi connectivity index (χ2v) is 9.72. The van der Waals surface area contributed by atoms with Crippen molar-refractivity contribution >= 4 is 27.7 Å². The molecule has 8 nitrogen and oxygen atoms in total. The fourth-order valence-electron chi connectivity index (χ4n) is 4.14. The minimum Gasteiger partial charge on any atom is -0.348 e. The quantitative estimate of drug-likeness (QED) is 0.719. The number of carbonyl (C=O) groups is 3. The number of nitrogens with one attached hydrogen (secondary N) is 2. The zero-order chi connectivity index (χ0) is 19.2. The molecule has 4 amide bonds. The minimum absolute atomic E-state index is 0.0496. The number of amides is 4. The van der Waals surface area contributed by atoms with E-state index in [1.807, 2.05) is 24.3 Å². The summed E-state index contributed by atoms with van der Waals surface area (Å²) in [5, 5.41) is 5.51. The van der Waals surface area contributed by atoms with Gasteiger partial charge in [0.05, 0.1) is 17.5 Å². The van der Waals surface area contributed by atoms with E-state index in [1.54, 1.807) is 0 Å². The highest BCUT2D eigenvalue weighted by atomic mass is 32.2. The molecule has 2 heterocycles. The number of hydrogen-bond donors (Lipinski definition) is 2. The number of aryl methyl sites for hydroxylation is 1. The fourth-order valence-corrected chi connectivity index (χ4v) is 5.66. The highest BCUT2D eigenvalue weighted by Gasteiger charge is 2.53. The summed E-state index contributed by atoms with van der Waals surface area (Å²) < 4.78 is 23.3. The van der Waals surface area contributed by atoms with Gasteiger partial charge < -0.3 is 10.6 Å². The molecule has 4 rings (SSSR count). The molecule has 2 saturated heterocycles. The first-order chi connectivity index (χ1) is 12.8. The second kappa shape index (κ2) is 6.33. The summed E-state index contributed by atoms with van der Waals surface area (Å²) in [4.78, 5) is 38.3. The number of fused-ring (bicyclic) bond motifs is 1. The maximum Gasteiger partial charge on any atom is 0.325 e. The lowest BCUT2D eigenvalue weighted by Gasteiger charge is -2.30. The van der Waals surface area contributed by atoms with Crippen LogP contribution in [0.15, 0.2) is 24.3 Å². The lowest BCUT2D eigenvalue weighted by Crippen LogP contribution is -2.52. The van der Waals surface area contributed by atoms with Crippen molar-refractivity contribution in [2.45, 2.75) is 37.3 Å². The van der Waals surface area contributed by atoms with Crippen LogP contribution in [-0.4, -0.2) is 54.8 Å². The monoisotopic (exact) mass is 391 g/mol. The van der Waals surface area contributed by atoms with Gasteiger partial charge in [0.2, 0.25) is 5.91 Å². The molecule has 1 aromatic rings. The molecule has 1 spiro atoms. The Morgan fingerprint density at radius 1 is 1.22 bits per heavy atom. The van der Waals surface area contributed by atoms with Gasteiger partial charge in [-0.2, -0.15) is 0 Å². The number of sulfone groups is 1. The zero-order valence-electron chi connectivity index (χ0n) is 14.7. The molecule has 0 radical (unpaired) electrons. The molecule has 1 unspecified atom stereocenters. The zero-order valence-corrected chi connectivity index (χ0v) is 15.5. The largest absolute Gasteiger partial charge is 0.348 e. The predicted molar refractivity (Wildman–Crippen MR) is 96.5 cm³/mol. The van der Waals surface area contributed by atoms with E-state index < -0.39 is 33.2 Å². The molecule has 1 atom stereocenters. The van der Waals surface area contributed by atoms with E-state index in [0.717, 1.165) is 23.3 Å². The summed E-state index contributed by atoms with van der Waals surface area (Å²) in [7, 11) is -3.17. The van der Waals surface area contributed by atoms with Crippen molar-refractivity contribution in [2.24, 2.45) is 0 Å². The molecule has 9 heteroatoms. The van der Waals surface area contributed by atoms with Crippen LogP contribution in [0, 0.1) is 0 Å². The standard InChI is InChI=1S/C18H21N3O5S/c22-15(19-14-6-5-12-3-1-2-4-13(12)14)11-21-16(23)18(20-17(21)24)7-9-27(25,26)10-8-18/h1-4,14H,5-11H2,(H,19,22)(H,20,24). The van der Waals surface area contributed by atoms with Gasteiger partial charge in [0.1, 0.15) is 12.1 Å². The maximum absolute atomic E-state index is 12.7. The van der Waals surface area contributed by atoms with Crippen LogP contribution in [0.3, 0.4) is 0 Å². The van der Waals surface area contributed by atoms with Crippen LogP contribution >= 0.6 is 0 Å². The number of imide groups is 1. The molecule has 2 N–H and O–H groups in total. The van der Waals surface area contributed by atoms with Crippen LogP contribution in [0.4, 0.5) is 4.79 Å². The molecule has 0 saturated carbocycles. The van der Waals surface area contributed by atoms with Gasteiger partial charge in [-0.1, -0.05) is 24.3 Å². The first-order valence-electron chi connectivity index (χ1n) is 9.01. The maximum atomic E-state index is 12.7. The third kappa shape index (κ3) is 3.20.